The summed E-state index contributed by atoms with van der Waals surface area (Å²) in [5.41, 5.74) is 1.17. The summed E-state index contributed by atoms with van der Waals surface area (Å²) >= 11 is -0.743. The molecule has 164 valence electrons. The molecule has 6 nitrogen and oxygen atoms in total. The van der Waals surface area contributed by atoms with Crippen LogP contribution < -0.4 is 9.47 Å². The van der Waals surface area contributed by atoms with Gasteiger partial charge in [-0.1, -0.05) is 49.8 Å². The normalized spacial score (nSPS) is 19.0. The molecule has 1 saturated heterocycles. The Morgan fingerprint density at radius 3 is 2.48 bits per heavy atom. The van der Waals surface area contributed by atoms with Crippen molar-refractivity contribution in [2.75, 3.05) is 19.2 Å². The fraction of sp³-hybridized carbons (Fsp3) is 0.682. The lowest BCUT2D eigenvalue weighted by Crippen LogP contribution is -2.23. The minimum atomic E-state index is -0.743. The van der Waals surface area contributed by atoms with E-state index >= 15 is 0 Å². The van der Waals surface area contributed by atoms with Gasteiger partial charge in [0.2, 0.25) is 6.79 Å². The van der Waals surface area contributed by atoms with Crippen molar-refractivity contribution in [1.29, 1.82) is 0 Å². The zero-order valence-electron chi connectivity index (χ0n) is 17.8. The number of carbonyl (C=O) groups excluding carboxylic acids is 1. The van der Waals surface area contributed by atoms with E-state index in [4.69, 9.17) is 9.47 Å². The van der Waals surface area contributed by atoms with E-state index in [9.17, 15) is 9.35 Å². The van der Waals surface area contributed by atoms with Gasteiger partial charge in [-0.25, -0.2) is 4.79 Å². The first-order valence-electron chi connectivity index (χ1n) is 10.6. The number of unbranched alkanes of at least 4 members (excludes halogenated alkanes) is 5. The summed E-state index contributed by atoms with van der Waals surface area (Å²) in [6, 6.07) is 6.01. The summed E-state index contributed by atoms with van der Waals surface area (Å²) in [6.07, 6.45) is 7.73. The fourth-order valence-corrected chi connectivity index (χ4v) is 4.41. The van der Waals surface area contributed by atoms with Crippen molar-refractivity contribution in [3.63, 3.8) is 0 Å². The Morgan fingerprint density at radius 1 is 1.10 bits per heavy atom. The molecule has 2 aliphatic rings. The molecule has 29 heavy (non-hydrogen) atoms. The molecule has 2 heterocycles. The molecule has 0 aliphatic carbocycles. The van der Waals surface area contributed by atoms with E-state index < -0.39 is 17.3 Å². The van der Waals surface area contributed by atoms with Gasteiger partial charge in [-0.15, -0.1) is 0 Å². The first-order chi connectivity index (χ1) is 14.0. The molecule has 1 aromatic carbocycles. The van der Waals surface area contributed by atoms with Crippen molar-refractivity contribution in [1.82, 2.24) is 0 Å². The molecule has 3 rings (SSSR count). The van der Waals surface area contributed by atoms with Gasteiger partial charge in [0.15, 0.2) is 11.5 Å². The molecule has 0 radical (unpaired) electrons. The molecule has 3 atom stereocenters. The van der Waals surface area contributed by atoms with E-state index in [-0.39, 0.29) is 11.4 Å². The number of ether oxygens (including phenoxy) is 4. The van der Waals surface area contributed by atoms with E-state index in [0.29, 0.717) is 13.4 Å². The fourth-order valence-electron chi connectivity index (χ4n) is 3.14. The Kier molecular flexibility index (Phi) is 10.5. The Hall–Kier alpha value is -1.60. The number of hydrogen-bond donors (Lipinski definition) is 0. The smallest absolute Gasteiger partial charge is 0.508 e. The van der Waals surface area contributed by atoms with Crippen molar-refractivity contribution < 1.29 is 28.3 Å². The summed E-state index contributed by atoms with van der Waals surface area (Å²) < 4.78 is 31.9. The van der Waals surface area contributed by atoms with Crippen LogP contribution in [-0.2, 0) is 27.1 Å². The summed E-state index contributed by atoms with van der Waals surface area (Å²) in [4.78, 5) is 10.0. The van der Waals surface area contributed by atoms with Gasteiger partial charge in [0.1, 0.15) is 23.7 Å². The number of fused-ring (bicyclic) bond motifs is 1. The van der Waals surface area contributed by atoms with Gasteiger partial charge in [0.25, 0.3) is 0 Å². The third kappa shape index (κ3) is 8.74. The maximum atomic E-state index is 12.3. The second kappa shape index (κ2) is 12.9. The predicted molar refractivity (Wildman–Crippen MR) is 114 cm³/mol. The van der Waals surface area contributed by atoms with E-state index in [1.807, 2.05) is 18.2 Å². The number of rotatable bonds is 10. The molecular formula is C22H34O6S. The standard InChI is InChI=1S/C18H28O3S.C4H6O3/c1-3-4-5-6-7-8-11-22(19)15(2)12-16-9-10-17-18(13-16)21-14-20-17;1-3-2-6-4(5)7-3/h9-10,13,15H,3-8,11-12,14H2,1-2H3;3H,2H2,1H3. The highest BCUT2D eigenvalue weighted by Crippen LogP contribution is 2.33. The zero-order valence-corrected chi connectivity index (χ0v) is 18.6. The summed E-state index contributed by atoms with van der Waals surface area (Å²) in [6.45, 7) is 6.80. The van der Waals surface area contributed by atoms with Crippen molar-refractivity contribution in [2.24, 2.45) is 0 Å². The maximum absolute atomic E-state index is 12.3. The monoisotopic (exact) mass is 426 g/mol. The van der Waals surface area contributed by atoms with Crippen LogP contribution >= 0.6 is 0 Å². The molecule has 1 aromatic rings. The third-order valence-corrected chi connectivity index (χ3v) is 6.60. The van der Waals surface area contributed by atoms with Crippen LogP contribution in [0.4, 0.5) is 4.79 Å². The highest BCUT2D eigenvalue weighted by molar-refractivity contribution is 7.91. The molecule has 0 N–H and O–H groups in total. The summed E-state index contributed by atoms with van der Waals surface area (Å²) in [5, 5.41) is 0.191. The molecule has 1 fully saturated rings. The van der Waals surface area contributed by atoms with Crippen LogP contribution in [0.1, 0.15) is 64.9 Å². The number of benzene rings is 1. The highest BCUT2D eigenvalue weighted by Gasteiger charge is 2.20. The van der Waals surface area contributed by atoms with Gasteiger partial charge >= 0.3 is 6.16 Å². The third-order valence-electron chi connectivity index (χ3n) is 4.84. The Balaban J connectivity index is 0.000000360. The topological polar surface area (TPSA) is 77.1 Å². The SMILES string of the molecule is CC1COC(=O)O1.CCCCCCCC[S+]([O-])C(C)Cc1ccc2c(c1)OCO2. The first-order valence-corrected chi connectivity index (χ1v) is 12.0. The lowest BCUT2D eigenvalue weighted by molar-refractivity contribution is 0.121. The van der Waals surface area contributed by atoms with Crippen LogP contribution in [-0.4, -0.2) is 41.2 Å². The molecule has 2 aliphatic heterocycles. The molecular weight excluding hydrogens is 392 g/mol. The lowest BCUT2D eigenvalue weighted by atomic mass is 10.1. The summed E-state index contributed by atoms with van der Waals surface area (Å²) in [5.74, 6) is 2.45. The summed E-state index contributed by atoms with van der Waals surface area (Å²) in [7, 11) is 0. The second-order valence-electron chi connectivity index (χ2n) is 7.54. The number of cyclic esters (lactones) is 2. The minimum Gasteiger partial charge on any atom is -0.616 e. The maximum Gasteiger partial charge on any atom is 0.508 e. The van der Waals surface area contributed by atoms with Gasteiger partial charge in [-0.2, -0.15) is 0 Å². The quantitative estimate of drug-likeness (QED) is 0.298. The van der Waals surface area contributed by atoms with Crippen molar-refractivity contribution in [3.8, 4) is 11.5 Å². The number of carbonyl (C=O) groups is 1. The van der Waals surface area contributed by atoms with Crippen LogP contribution in [0.2, 0.25) is 0 Å². The zero-order chi connectivity index (χ0) is 21.1. The van der Waals surface area contributed by atoms with Crippen molar-refractivity contribution >= 4 is 17.3 Å². The number of hydrogen-bond acceptors (Lipinski definition) is 6. The van der Waals surface area contributed by atoms with Gasteiger partial charge in [-0.3, -0.25) is 0 Å². The minimum absolute atomic E-state index is 0.0486. The Bertz CT molecular complexity index is 623. The Morgan fingerprint density at radius 2 is 1.83 bits per heavy atom. The van der Waals surface area contributed by atoms with Crippen molar-refractivity contribution in [3.05, 3.63) is 23.8 Å². The average Bonchev–Trinajstić information content (AvgIpc) is 3.32. The van der Waals surface area contributed by atoms with Gasteiger partial charge in [0.05, 0.1) is 0 Å². The van der Waals surface area contributed by atoms with E-state index in [1.165, 1.54) is 37.7 Å². The van der Waals surface area contributed by atoms with Crippen LogP contribution in [0.5, 0.6) is 11.5 Å². The molecule has 7 heteroatoms. The van der Waals surface area contributed by atoms with E-state index in [0.717, 1.165) is 30.1 Å². The van der Waals surface area contributed by atoms with Crippen LogP contribution in [0.25, 0.3) is 0 Å². The molecule has 0 aromatic heterocycles. The van der Waals surface area contributed by atoms with Crippen molar-refractivity contribution in [2.45, 2.75) is 77.1 Å². The first kappa shape index (κ1) is 23.7. The van der Waals surface area contributed by atoms with Crippen LogP contribution in [0, 0.1) is 0 Å². The predicted octanol–water partition coefficient (Wildman–Crippen LogP) is 5.00. The highest BCUT2D eigenvalue weighted by atomic mass is 32.2. The van der Waals surface area contributed by atoms with E-state index in [2.05, 4.69) is 23.3 Å². The molecule has 0 amide bonds. The molecule has 0 saturated carbocycles. The molecule has 3 unspecified atom stereocenters. The lowest BCUT2D eigenvalue weighted by Gasteiger charge is -2.18. The second-order valence-corrected chi connectivity index (χ2v) is 9.52. The van der Waals surface area contributed by atoms with E-state index in [1.54, 1.807) is 6.92 Å². The van der Waals surface area contributed by atoms with Gasteiger partial charge < -0.3 is 23.5 Å². The molecule has 0 bridgehead atoms. The molecule has 0 spiro atoms. The van der Waals surface area contributed by atoms with Gasteiger partial charge in [0, 0.05) is 6.42 Å². The Labute approximate surface area is 177 Å². The van der Waals surface area contributed by atoms with Crippen LogP contribution in [0.15, 0.2) is 18.2 Å². The average molecular weight is 427 g/mol. The van der Waals surface area contributed by atoms with Crippen LogP contribution in [0.3, 0.4) is 0 Å². The van der Waals surface area contributed by atoms with Gasteiger partial charge in [-0.05, 0) is 44.4 Å². The largest absolute Gasteiger partial charge is 0.616 e.